The summed E-state index contributed by atoms with van der Waals surface area (Å²) in [5.41, 5.74) is 6.93. The van der Waals surface area contributed by atoms with Crippen LogP contribution < -0.4 is 16.0 Å². The molecule has 0 atom stereocenters. The van der Waals surface area contributed by atoms with Gasteiger partial charge in [0.25, 0.3) is 11.9 Å². The molecule has 11 nitrogen and oxygen atoms in total. The Morgan fingerprint density at radius 1 is 1.19 bits per heavy atom. The van der Waals surface area contributed by atoms with Gasteiger partial charge in [0.05, 0.1) is 23.5 Å². The Bertz CT molecular complexity index is 837. The fourth-order valence-corrected chi connectivity index (χ4v) is 2.84. The lowest BCUT2D eigenvalue weighted by atomic mass is 10.1. The molecule has 1 aromatic carbocycles. The number of carboxylic acids is 2. The smallest absolute Gasteiger partial charge is 0.305 e. The van der Waals surface area contributed by atoms with Crippen LogP contribution in [0.15, 0.2) is 18.2 Å². The van der Waals surface area contributed by atoms with Gasteiger partial charge in [0.15, 0.2) is 0 Å². The van der Waals surface area contributed by atoms with E-state index in [-0.39, 0.29) is 37.2 Å². The van der Waals surface area contributed by atoms with Gasteiger partial charge in [-0.25, -0.2) is 0 Å². The highest BCUT2D eigenvalue weighted by atomic mass is 16.4. The number of rotatable bonds is 9. The molecule has 11 heteroatoms. The zero-order chi connectivity index (χ0) is 23.6. The van der Waals surface area contributed by atoms with Crippen molar-refractivity contribution in [2.45, 2.75) is 32.6 Å². The molecular weight excluding hydrogens is 406 g/mol. The van der Waals surface area contributed by atoms with Crippen molar-refractivity contribution < 1.29 is 29.4 Å². The molecule has 2 rings (SSSR count). The molecule has 1 heterocycles. The van der Waals surface area contributed by atoms with Gasteiger partial charge in [0.1, 0.15) is 6.54 Å². The van der Waals surface area contributed by atoms with Gasteiger partial charge in [-0.2, -0.15) is 0 Å². The van der Waals surface area contributed by atoms with Gasteiger partial charge in [-0.1, -0.05) is 0 Å². The molecule has 2 amide bonds. The van der Waals surface area contributed by atoms with Crippen LogP contribution in [0.3, 0.4) is 0 Å². The van der Waals surface area contributed by atoms with E-state index in [0.29, 0.717) is 24.2 Å². The minimum atomic E-state index is -1.02. The van der Waals surface area contributed by atoms with Gasteiger partial charge >= 0.3 is 5.97 Å². The number of amides is 2. The second-order valence-corrected chi connectivity index (χ2v) is 6.98. The van der Waals surface area contributed by atoms with Crippen LogP contribution in [-0.2, 0) is 14.4 Å². The number of amidine groups is 1. The summed E-state index contributed by atoms with van der Waals surface area (Å²) in [5.74, 6) is -2.31. The number of fused-ring (bicyclic) bond motifs is 1. The van der Waals surface area contributed by atoms with Crippen LogP contribution in [0.4, 0.5) is 11.4 Å². The fraction of sp³-hybridized carbons (Fsp3) is 0.450. The van der Waals surface area contributed by atoms with Gasteiger partial charge < -0.3 is 31.1 Å². The number of nitrogens with two attached hydrogens (primary N) is 1. The summed E-state index contributed by atoms with van der Waals surface area (Å²) in [6.45, 7) is 1.58. The van der Waals surface area contributed by atoms with Crippen molar-refractivity contribution in [2.75, 3.05) is 36.9 Å². The van der Waals surface area contributed by atoms with E-state index in [1.165, 1.54) is 9.80 Å². The summed E-state index contributed by atoms with van der Waals surface area (Å²) in [5, 5.41) is 26.7. The third kappa shape index (κ3) is 8.72. The molecule has 1 aliphatic rings. The van der Waals surface area contributed by atoms with E-state index in [1.807, 2.05) is 0 Å². The summed E-state index contributed by atoms with van der Waals surface area (Å²) in [6.07, 6.45) is 1.96. The van der Waals surface area contributed by atoms with Crippen molar-refractivity contribution >= 4 is 41.0 Å². The van der Waals surface area contributed by atoms with Crippen molar-refractivity contribution in [3.05, 3.63) is 23.8 Å². The maximum atomic E-state index is 12.8. The van der Waals surface area contributed by atoms with E-state index in [2.05, 4.69) is 5.32 Å². The topological polar surface area (TPSA) is 177 Å². The van der Waals surface area contributed by atoms with Gasteiger partial charge in [0, 0.05) is 39.2 Å². The number of unbranched alkanes of at least 4 members (excludes halogenated alkanes) is 1. The average Bonchev–Trinajstić information content (AvgIpc) is 2.76. The predicted molar refractivity (Wildman–Crippen MR) is 116 cm³/mol. The molecule has 0 saturated heterocycles. The number of nitrogens with one attached hydrogen (secondary N) is 2. The van der Waals surface area contributed by atoms with Crippen LogP contribution in [0, 0.1) is 5.41 Å². The first kappa shape index (κ1) is 25.4. The molecule has 1 aromatic rings. The first-order chi connectivity index (χ1) is 14.5. The van der Waals surface area contributed by atoms with Gasteiger partial charge in [0.2, 0.25) is 5.91 Å². The number of hydrogen-bond acceptors (Lipinski definition) is 6. The Labute approximate surface area is 180 Å². The number of hydrogen-bond donors (Lipinski definition) is 5. The van der Waals surface area contributed by atoms with Gasteiger partial charge in [-0.15, -0.1) is 0 Å². The maximum absolute atomic E-state index is 12.8. The molecule has 31 heavy (non-hydrogen) atoms. The number of anilines is 2. The number of likely N-dealkylation sites (N-methyl/N-ethyl adjacent to an activating group) is 1. The highest BCUT2D eigenvalue weighted by Crippen LogP contribution is 2.28. The normalized spacial score (nSPS) is 13.0. The first-order valence-electron chi connectivity index (χ1n) is 9.71. The van der Waals surface area contributed by atoms with Crippen LogP contribution >= 0.6 is 0 Å². The zero-order valence-electron chi connectivity index (χ0n) is 17.7. The standard InChI is InChI=1S/C18H25N5O4.C2H4O2/c1-22-14-6-5-12(21-8-3-2-4-15(19)20)10-13(14)18(27)23(11-16(22)24)9-7-17(25)26;1-2(3)4/h5-6,10,21H,2-4,7-9,11H2,1H3,(H3,19,20)(H,25,26);1H3,(H,3,4). The maximum Gasteiger partial charge on any atom is 0.305 e. The summed E-state index contributed by atoms with van der Waals surface area (Å²) in [4.78, 5) is 47.7. The number of carbonyl (C=O) groups is 4. The summed E-state index contributed by atoms with van der Waals surface area (Å²) < 4.78 is 0. The summed E-state index contributed by atoms with van der Waals surface area (Å²) in [6, 6.07) is 5.20. The van der Waals surface area contributed by atoms with E-state index < -0.39 is 11.9 Å². The van der Waals surface area contributed by atoms with Crippen molar-refractivity contribution in [3.8, 4) is 0 Å². The number of benzene rings is 1. The minimum absolute atomic E-state index is 0.0180. The van der Waals surface area contributed by atoms with E-state index in [1.54, 1.807) is 25.2 Å². The zero-order valence-corrected chi connectivity index (χ0v) is 17.7. The van der Waals surface area contributed by atoms with E-state index in [4.69, 9.17) is 26.2 Å². The van der Waals surface area contributed by atoms with Crippen molar-refractivity contribution in [2.24, 2.45) is 5.73 Å². The highest BCUT2D eigenvalue weighted by molar-refractivity contribution is 6.10. The van der Waals surface area contributed by atoms with Crippen LogP contribution in [0.25, 0.3) is 0 Å². The van der Waals surface area contributed by atoms with Crippen LogP contribution in [0.2, 0.25) is 0 Å². The SMILES string of the molecule is CC(=O)O.CN1C(=O)CN(CCC(=O)O)C(=O)c2cc(NCCCCC(=N)N)ccc21. The number of nitrogens with zero attached hydrogens (tertiary/aromatic N) is 2. The molecule has 170 valence electrons. The highest BCUT2D eigenvalue weighted by Gasteiger charge is 2.30. The van der Waals surface area contributed by atoms with Crippen LogP contribution in [-0.4, -0.2) is 71.4 Å². The monoisotopic (exact) mass is 435 g/mol. The molecule has 6 N–H and O–H groups in total. The molecule has 0 radical (unpaired) electrons. The Kier molecular flexibility index (Phi) is 9.96. The van der Waals surface area contributed by atoms with Gasteiger partial charge in [-0.3, -0.25) is 24.6 Å². The summed E-state index contributed by atoms with van der Waals surface area (Å²) >= 11 is 0. The molecular formula is C20H29N5O6. The van der Waals surface area contributed by atoms with Crippen molar-refractivity contribution in [1.29, 1.82) is 5.41 Å². The van der Waals surface area contributed by atoms with Crippen LogP contribution in [0.1, 0.15) is 43.0 Å². The van der Waals surface area contributed by atoms with Crippen LogP contribution in [0.5, 0.6) is 0 Å². The predicted octanol–water partition coefficient (Wildman–Crippen LogP) is 1.19. The van der Waals surface area contributed by atoms with Crippen molar-refractivity contribution in [1.82, 2.24) is 4.90 Å². The third-order valence-corrected chi connectivity index (χ3v) is 4.37. The Morgan fingerprint density at radius 3 is 2.42 bits per heavy atom. The number of carbonyl (C=O) groups excluding carboxylic acids is 2. The second kappa shape index (κ2) is 12.2. The average molecular weight is 435 g/mol. The van der Waals surface area contributed by atoms with E-state index in [0.717, 1.165) is 25.5 Å². The molecule has 0 saturated carbocycles. The molecule has 0 aliphatic carbocycles. The van der Waals surface area contributed by atoms with Crippen molar-refractivity contribution in [3.63, 3.8) is 0 Å². The Hall–Kier alpha value is -3.63. The first-order valence-corrected chi connectivity index (χ1v) is 9.71. The molecule has 0 bridgehead atoms. The molecule has 1 aliphatic heterocycles. The van der Waals surface area contributed by atoms with E-state index >= 15 is 0 Å². The Balaban J connectivity index is 0.00000110. The number of aliphatic carboxylic acids is 2. The largest absolute Gasteiger partial charge is 0.481 e. The lowest BCUT2D eigenvalue weighted by Crippen LogP contribution is -2.38. The Morgan fingerprint density at radius 2 is 1.84 bits per heavy atom. The lowest BCUT2D eigenvalue weighted by molar-refractivity contribution is -0.137. The minimum Gasteiger partial charge on any atom is -0.481 e. The van der Waals surface area contributed by atoms with E-state index in [9.17, 15) is 14.4 Å². The molecule has 0 spiro atoms. The summed E-state index contributed by atoms with van der Waals surface area (Å²) in [7, 11) is 1.60. The quantitative estimate of drug-likeness (QED) is 0.218. The second-order valence-electron chi connectivity index (χ2n) is 6.98. The fourth-order valence-electron chi connectivity index (χ4n) is 2.84. The lowest BCUT2D eigenvalue weighted by Gasteiger charge is -2.19. The number of carboxylic acid groups (broad SMARTS) is 2. The third-order valence-electron chi connectivity index (χ3n) is 4.37. The molecule has 0 fully saturated rings. The van der Waals surface area contributed by atoms with Gasteiger partial charge in [-0.05, 0) is 31.0 Å². The molecule has 0 aromatic heterocycles. The molecule has 0 unspecified atom stereocenters.